The number of rotatable bonds is 3. The fourth-order valence-electron chi connectivity index (χ4n) is 0.912. The lowest BCUT2D eigenvalue weighted by molar-refractivity contribution is 0.228. The third-order valence-corrected chi connectivity index (χ3v) is 2.01. The smallest absolute Gasteiger partial charge is 0.200 e. The summed E-state index contributed by atoms with van der Waals surface area (Å²) in [5, 5.41) is 0. The second kappa shape index (κ2) is 3.33. The van der Waals surface area contributed by atoms with E-state index in [1.165, 1.54) is 0 Å². The molecule has 0 bridgehead atoms. The maximum absolute atomic E-state index is 5.87. The minimum atomic E-state index is -0.354. The minimum Gasteiger partial charge on any atom is -0.472 e. The van der Waals surface area contributed by atoms with Crippen LogP contribution in [0.5, 0.6) is 5.75 Å². The molecule has 1 unspecified atom stereocenters. The molecule has 1 aromatic rings. The Hall–Kier alpha value is -0.730. The van der Waals surface area contributed by atoms with Crippen molar-refractivity contribution in [3.05, 3.63) is 30.3 Å². The van der Waals surface area contributed by atoms with Crippen LogP contribution in [0.1, 0.15) is 0 Å². The Balaban J connectivity index is 1.94. The van der Waals surface area contributed by atoms with Gasteiger partial charge in [-0.05, 0) is 12.1 Å². The molecule has 2 nitrogen and oxygen atoms in total. The standard InChI is InChI=1S/C9H9ClO2/c10-9(8-6-11-8)12-7-4-2-1-3-5-7/h1-5,8-9H,6H2/t8-,9?/m0/s1. The minimum absolute atomic E-state index is 0.0758. The van der Waals surface area contributed by atoms with Crippen molar-refractivity contribution >= 4 is 11.6 Å². The SMILES string of the molecule is ClC(Oc1ccccc1)[C@@H]1CO1. The van der Waals surface area contributed by atoms with Crippen LogP contribution in [-0.2, 0) is 4.74 Å². The van der Waals surface area contributed by atoms with Gasteiger partial charge in [-0.15, -0.1) is 0 Å². The zero-order valence-electron chi connectivity index (χ0n) is 6.44. The van der Waals surface area contributed by atoms with Crippen LogP contribution in [0.2, 0.25) is 0 Å². The fourth-order valence-corrected chi connectivity index (χ4v) is 1.16. The van der Waals surface area contributed by atoms with E-state index in [2.05, 4.69) is 0 Å². The van der Waals surface area contributed by atoms with Crippen LogP contribution >= 0.6 is 11.6 Å². The van der Waals surface area contributed by atoms with Crippen molar-refractivity contribution in [3.63, 3.8) is 0 Å². The van der Waals surface area contributed by atoms with Crippen molar-refractivity contribution in [1.29, 1.82) is 0 Å². The Morgan fingerprint density at radius 1 is 1.42 bits per heavy atom. The zero-order valence-corrected chi connectivity index (χ0v) is 7.20. The highest BCUT2D eigenvalue weighted by Gasteiger charge is 2.32. The summed E-state index contributed by atoms with van der Waals surface area (Å²) in [6.07, 6.45) is 0.0758. The van der Waals surface area contributed by atoms with E-state index < -0.39 is 0 Å². The first-order chi connectivity index (χ1) is 5.86. The van der Waals surface area contributed by atoms with Crippen LogP contribution in [0.25, 0.3) is 0 Å². The van der Waals surface area contributed by atoms with Crippen LogP contribution in [0.15, 0.2) is 30.3 Å². The van der Waals surface area contributed by atoms with Gasteiger partial charge in [0.1, 0.15) is 11.9 Å². The molecule has 64 valence electrons. The summed E-state index contributed by atoms with van der Waals surface area (Å²) in [7, 11) is 0. The summed E-state index contributed by atoms with van der Waals surface area (Å²) in [6.45, 7) is 0.709. The van der Waals surface area contributed by atoms with Gasteiger partial charge in [0.05, 0.1) is 6.61 Å². The summed E-state index contributed by atoms with van der Waals surface area (Å²) in [4.78, 5) is 0. The Kier molecular flexibility index (Phi) is 2.19. The molecule has 12 heavy (non-hydrogen) atoms. The number of hydrogen-bond donors (Lipinski definition) is 0. The van der Waals surface area contributed by atoms with Gasteiger partial charge in [-0.3, -0.25) is 0 Å². The topological polar surface area (TPSA) is 21.8 Å². The normalized spacial score (nSPS) is 23.2. The van der Waals surface area contributed by atoms with Crippen LogP contribution in [0.4, 0.5) is 0 Å². The largest absolute Gasteiger partial charge is 0.472 e. The molecule has 0 N–H and O–H groups in total. The molecule has 1 aliphatic heterocycles. The van der Waals surface area contributed by atoms with Gasteiger partial charge in [-0.1, -0.05) is 29.8 Å². The maximum atomic E-state index is 5.87. The van der Waals surface area contributed by atoms with Crippen molar-refractivity contribution in [2.24, 2.45) is 0 Å². The monoisotopic (exact) mass is 184 g/mol. The van der Waals surface area contributed by atoms with E-state index in [-0.39, 0.29) is 11.7 Å². The summed E-state index contributed by atoms with van der Waals surface area (Å²) < 4.78 is 10.4. The molecule has 0 spiro atoms. The molecule has 1 saturated heterocycles. The molecule has 2 atom stereocenters. The lowest BCUT2D eigenvalue weighted by Gasteiger charge is -2.09. The molecule has 1 fully saturated rings. The Labute approximate surface area is 76.1 Å². The molecule has 0 aliphatic carbocycles. The second-order valence-electron chi connectivity index (χ2n) is 2.65. The van der Waals surface area contributed by atoms with E-state index in [0.29, 0.717) is 6.61 Å². The van der Waals surface area contributed by atoms with Gasteiger partial charge < -0.3 is 9.47 Å². The average Bonchev–Trinajstić information content (AvgIpc) is 2.88. The van der Waals surface area contributed by atoms with Crippen molar-refractivity contribution in [2.75, 3.05) is 6.61 Å². The van der Waals surface area contributed by atoms with Gasteiger partial charge in [0, 0.05) is 0 Å². The predicted molar refractivity (Wildman–Crippen MR) is 46.5 cm³/mol. The Morgan fingerprint density at radius 3 is 2.67 bits per heavy atom. The van der Waals surface area contributed by atoms with E-state index in [0.717, 1.165) is 5.75 Å². The van der Waals surface area contributed by atoms with Gasteiger partial charge in [-0.25, -0.2) is 0 Å². The van der Waals surface area contributed by atoms with Crippen molar-refractivity contribution in [1.82, 2.24) is 0 Å². The summed E-state index contributed by atoms with van der Waals surface area (Å²) in [6, 6.07) is 9.50. The van der Waals surface area contributed by atoms with E-state index in [9.17, 15) is 0 Å². The number of epoxide rings is 1. The summed E-state index contributed by atoms with van der Waals surface area (Å²) >= 11 is 5.87. The first-order valence-corrected chi connectivity index (χ1v) is 4.27. The van der Waals surface area contributed by atoms with Gasteiger partial charge in [-0.2, -0.15) is 0 Å². The average molecular weight is 185 g/mol. The fraction of sp³-hybridized carbons (Fsp3) is 0.333. The zero-order chi connectivity index (χ0) is 8.39. The van der Waals surface area contributed by atoms with E-state index in [1.807, 2.05) is 30.3 Å². The molecule has 1 heterocycles. The summed E-state index contributed by atoms with van der Waals surface area (Å²) in [5.41, 5.74) is -0.354. The number of benzene rings is 1. The van der Waals surface area contributed by atoms with Gasteiger partial charge in [0.15, 0.2) is 5.56 Å². The first-order valence-electron chi connectivity index (χ1n) is 3.83. The molecule has 1 aromatic carbocycles. The molecule has 3 heteroatoms. The highest BCUT2D eigenvalue weighted by molar-refractivity contribution is 6.20. The Morgan fingerprint density at radius 2 is 2.08 bits per heavy atom. The molecular formula is C9H9ClO2. The maximum Gasteiger partial charge on any atom is 0.200 e. The second-order valence-corrected chi connectivity index (χ2v) is 3.08. The highest BCUT2D eigenvalue weighted by atomic mass is 35.5. The van der Waals surface area contributed by atoms with E-state index in [1.54, 1.807) is 0 Å². The van der Waals surface area contributed by atoms with E-state index in [4.69, 9.17) is 21.1 Å². The highest BCUT2D eigenvalue weighted by Crippen LogP contribution is 2.22. The Bertz CT molecular complexity index is 246. The van der Waals surface area contributed by atoms with Gasteiger partial charge >= 0.3 is 0 Å². The van der Waals surface area contributed by atoms with Crippen LogP contribution in [-0.4, -0.2) is 18.3 Å². The van der Waals surface area contributed by atoms with Gasteiger partial charge in [0.2, 0.25) is 0 Å². The number of alkyl halides is 1. The van der Waals surface area contributed by atoms with Crippen molar-refractivity contribution < 1.29 is 9.47 Å². The molecular weight excluding hydrogens is 176 g/mol. The van der Waals surface area contributed by atoms with Crippen LogP contribution in [0.3, 0.4) is 0 Å². The van der Waals surface area contributed by atoms with Crippen LogP contribution in [0, 0.1) is 0 Å². The molecule has 0 saturated carbocycles. The van der Waals surface area contributed by atoms with Gasteiger partial charge in [0.25, 0.3) is 0 Å². The molecule has 1 aliphatic rings. The molecule has 0 aromatic heterocycles. The molecule has 0 radical (unpaired) electrons. The lowest BCUT2D eigenvalue weighted by Crippen LogP contribution is -2.15. The van der Waals surface area contributed by atoms with Crippen molar-refractivity contribution in [2.45, 2.75) is 11.7 Å². The molecule has 2 rings (SSSR count). The third-order valence-electron chi connectivity index (χ3n) is 1.64. The van der Waals surface area contributed by atoms with Crippen molar-refractivity contribution in [3.8, 4) is 5.75 Å². The predicted octanol–water partition coefficient (Wildman–Crippen LogP) is 2.03. The number of hydrogen-bond acceptors (Lipinski definition) is 2. The molecule has 0 amide bonds. The quantitative estimate of drug-likeness (QED) is 0.530. The third kappa shape index (κ3) is 1.90. The number of ether oxygens (including phenoxy) is 2. The first kappa shape index (κ1) is 7.90. The number of halogens is 1. The summed E-state index contributed by atoms with van der Waals surface area (Å²) in [5.74, 6) is 0.785. The number of para-hydroxylation sites is 1. The van der Waals surface area contributed by atoms with E-state index >= 15 is 0 Å². The lowest BCUT2D eigenvalue weighted by atomic mass is 10.3. The van der Waals surface area contributed by atoms with Crippen LogP contribution < -0.4 is 4.74 Å².